The van der Waals surface area contributed by atoms with Crippen LogP contribution >= 0.6 is 15.9 Å². The van der Waals surface area contributed by atoms with Crippen LogP contribution in [0.1, 0.15) is 23.6 Å². The number of halogens is 1. The third-order valence-electron chi connectivity index (χ3n) is 2.49. The normalized spacial score (nSPS) is 21.2. The molecule has 2 rings (SSSR count). The van der Waals surface area contributed by atoms with Gasteiger partial charge >= 0.3 is 0 Å². The summed E-state index contributed by atoms with van der Waals surface area (Å²) in [7, 11) is 0. The molecule has 13 heavy (non-hydrogen) atoms. The summed E-state index contributed by atoms with van der Waals surface area (Å²) >= 11 is 3.43. The van der Waals surface area contributed by atoms with Crippen LogP contribution in [0.3, 0.4) is 0 Å². The van der Waals surface area contributed by atoms with E-state index in [9.17, 15) is 5.11 Å². The molecular formula is C10H12BrNO. The number of nitrogens with one attached hydrogen (secondary N) is 1. The van der Waals surface area contributed by atoms with E-state index in [1.54, 1.807) is 0 Å². The van der Waals surface area contributed by atoms with E-state index in [1.165, 1.54) is 0 Å². The largest absolute Gasteiger partial charge is 0.507 e. The van der Waals surface area contributed by atoms with E-state index in [4.69, 9.17) is 0 Å². The van der Waals surface area contributed by atoms with Crippen LogP contribution in [0.25, 0.3) is 0 Å². The molecule has 1 fully saturated rings. The maximum atomic E-state index is 9.80. The lowest BCUT2D eigenvalue weighted by Crippen LogP contribution is -2.35. The van der Waals surface area contributed by atoms with Crippen molar-refractivity contribution in [1.82, 2.24) is 5.32 Å². The van der Waals surface area contributed by atoms with Crippen molar-refractivity contribution in [2.24, 2.45) is 0 Å². The summed E-state index contributed by atoms with van der Waals surface area (Å²) in [6.45, 7) is 2.97. The molecule has 0 unspecified atom stereocenters. The molecule has 1 saturated heterocycles. The fourth-order valence-corrected chi connectivity index (χ4v) is 2.17. The maximum absolute atomic E-state index is 9.80. The van der Waals surface area contributed by atoms with Crippen LogP contribution in [-0.2, 0) is 0 Å². The Kier molecular flexibility index (Phi) is 2.30. The minimum absolute atomic E-state index is 0.344. The fourth-order valence-electron chi connectivity index (χ4n) is 1.58. The van der Waals surface area contributed by atoms with E-state index in [0.29, 0.717) is 11.8 Å². The summed E-state index contributed by atoms with van der Waals surface area (Å²) in [4.78, 5) is 0. The summed E-state index contributed by atoms with van der Waals surface area (Å²) < 4.78 is 1.03. The standard InChI is InChI=1S/C10H12BrNO/c1-6-4-7(11)5-8(10(6)13)9-2-3-12-9/h4-5,9,12-13H,2-3H2,1H3/t9-/m0/s1. The first-order valence-electron chi connectivity index (χ1n) is 4.41. The second-order valence-electron chi connectivity index (χ2n) is 3.46. The summed E-state index contributed by atoms with van der Waals surface area (Å²) in [6, 6.07) is 4.26. The Balaban J connectivity index is 2.42. The Bertz CT molecular complexity index is 334. The van der Waals surface area contributed by atoms with Crippen molar-refractivity contribution in [3.05, 3.63) is 27.7 Å². The monoisotopic (exact) mass is 241 g/mol. The highest BCUT2D eigenvalue weighted by Gasteiger charge is 2.22. The van der Waals surface area contributed by atoms with Gasteiger partial charge in [0.1, 0.15) is 5.75 Å². The molecule has 2 N–H and O–H groups in total. The van der Waals surface area contributed by atoms with Crippen molar-refractivity contribution in [2.45, 2.75) is 19.4 Å². The first kappa shape index (κ1) is 9.03. The van der Waals surface area contributed by atoms with Gasteiger partial charge in [-0.3, -0.25) is 0 Å². The lowest BCUT2D eigenvalue weighted by molar-refractivity contribution is 0.363. The molecule has 1 atom stereocenters. The molecule has 1 heterocycles. The zero-order valence-corrected chi connectivity index (χ0v) is 9.06. The van der Waals surface area contributed by atoms with E-state index >= 15 is 0 Å². The van der Waals surface area contributed by atoms with Crippen LogP contribution < -0.4 is 5.32 Å². The summed E-state index contributed by atoms with van der Waals surface area (Å²) in [5, 5.41) is 13.1. The Morgan fingerprint density at radius 3 is 2.77 bits per heavy atom. The highest BCUT2D eigenvalue weighted by molar-refractivity contribution is 9.10. The number of phenols is 1. The van der Waals surface area contributed by atoms with Gasteiger partial charge in [-0.1, -0.05) is 15.9 Å². The summed E-state index contributed by atoms with van der Waals surface area (Å²) in [5.41, 5.74) is 1.94. The van der Waals surface area contributed by atoms with Crippen molar-refractivity contribution in [1.29, 1.82) is 0 Å². The van der Waals surface area contributed by atoms with E-state index in [1.807, 2.05) is 19.1 Å². The molecule has 70 valence electrons. The quantitative estimate of drug-likeness (QED) is 0.792. The van der Waals surface area contributed by atoms with Crippen molar-refractivity contribution in [3.63, 3.8) is 0 Å². The zero-order chi connectivity index (χ0) is 9.42. The van der Waals surface area contributed by atoms with E-state index in [-0.39, 0.29) is 0 Å². The molecule has 3 heteroatoms. The Hall–Kier alpha value is -0.540. The van der Waals surface area contributed by atoms with Crippen molar-refractivity contribution < 1.29 is 5.11 Å². The van der Waals surface area contributed by atoms with E-state index < -0.39 is 0 Å². The Morgan fingerprint density at radius 2 is 2.23 bits per heavy atom. The summed E-state index contributed by atoms with van der Waals surface area (Å²) in [5.74, 6) is 0.431. The van der Waals surface area contributed by atoms with Crippen LogP contribution in [0.2, 0.25) is 0 Å². The Morgan fingerprint density at radius 1 is 1.54 bits per heavy atom. The molecule has 1 aliphatic heterocycles. The van der Waals surface area contributed by atoms with Gasteiger partial charge in [-0.2, -0.15) is 0 Å². The molecule has 0 saturated carbocycles. The smallest absolute Gasteiger partial charge is 0.123 e. The summed E-state index contributed by atoms with van der Waals surface area (Å²) in [6.07, 6.45) is 1.11. The van der Waals surface area contributed by atoms with Crippen LogP contribution in [0, 0.1) is 6.92 Å². The molecule has 1 aliphatic rings. The molecule has 0 aromatic heterocycles. The van der Waals surface area contributed by atoms with Crippen molar-refractivity contribution in [3.8, 4) is 5.75 Å². The molecule has 2 nitrogen and oxygen atoms in total. The van der Waals surface area contributed by atoms with Crippen molar-refractivity contribution >= 4 is 15.9 Å². The number of hydrogen-bond donors (Lipinski definition) is 2. The van der Waals surface area contributed by atoms with Crippen molar-refractivity contribution in [2.75, 3.05) is 6.54 Å². The fraction of sp³-hybridized carbons (Fsp3) is 0.400. The average Bonchev–Trinajstić information content (AvgIpc) is 1.95. The van der Waals surface area contributed by atoms with Gasteiger partial charge in [0.2, 0.25) is 0 Å². The minimum atomic E-state index is 0.344. The first-order valence-corrected chi connectivity index (χ1v) is 5.20. The van der Waals surface area contributed by atoms with E-state index in [2.05, 4.69) is 21.2 Å². The minimum Gasteiger partial charge on any atom is -0.507 e. The number of benzene rings is 1. The van der Waals surface area contributed by atoms with Gasteiger partial charge in [0.15, 0.2) is 0 Å². The Labute approximate surface area is 86.1 Å². The maximum Gasteiger partial charge on any atom is 0.123 e. The number of aryl methyl sites for hydroxylation is 1. The van der Waals surface area contributed by atoms with Gasteiger partial charge < -0.3 is 10.4 Å². The topological polar surface area (TPSA) is 32.3 Å². The van der Waals surface area contributed by atoms with Crippen LogP contribution in [0.5, 0.6) is 5.75 Å². The number of phenolic OH excluding ortho intramolecular Hbond substituents is 1. The number of aromatic hydroxyl groups is 1. The number of hydrogen-bond acceptors (Lipinski definition) is 2. The van der Waals surface area contributed by atoms with Crippen LogP contribution in [0.4, 0.5) is 0 Å². The lowest BCUT2D eigenvalue weighted by Gasteiger charge is -2.29. The van der Waals surface area contributed by atoms with Gasteiger partial charge in [0, 0.05) is 16.1 Å². The van der Waals surface area contributed by atoms with Gasteiger partial charge in [-0.25, -0.2) is 0 Å². The molecule has 0 amide bonds. The van der Waals surface area contributed by atoms with Crippen LogP contribution in [0.15, 0.2) is 16.6 Å². The number of rotatable bonds is 1. The first-order chi connectivity index (χ1) is 6.18. The molecule has 0 bridgehead atoms. The SMILES string of the molecule is Cc1cc(Br)cc([C@@H]2CCN2)c1O. The average molecular weight is 242 g/mol. The predicted octanol–water partition coefficient (Wildman–Crippen LogP) is 2.50. The molecule has 1 aromatic carbocycles. The van der Waals surface area contributed by atoms with E-state index in [0.717, 1.165) is 28.6 Å². The molecule has 0 spiro atoms. The second-order valence-corrected chi connectivity index (χ2v) is 4.37. The molecule has 1 aromatic rings. The highest BCUT2D eigenvalue weighted by Crippen LogP contribution is 2.34. The van der Waals surface area contributed by atoms with Gasteiger partial charge in [0.25, 0.3) is 0 Å². The van der Waals surface area contributed by atoms with Crippen LogP contribution in [-0.4, -0.2) is 11.7 Å². The third-order valence-corrected chi connectivity index (χ3v) is 2.95. The third kappa shape index (κ3) is 1.58. The van der Waals surface area contributed by atoms with Gasteiger partial charge in [-0.15, -0.1) is 0 Å². The lowest BCUT2D eigenvalue weighted by atomic mass is 9.95. The molecule has 0 aliphatic carbocycles. The molecular weight excluding hydrogens is 230 g/mol. The highest BCUT2D eigenvalue weighted by atomic mass is 79.9. The predicted molar refractivity (Wildman–Crippen MR) is 55.9 cm³/mol. The second kappa shape index (κ2) is 3.31. The molecule has 0 radical (unpaired) electrons. The van der Waals surface area contributed by atoms with Gasteiger partial charge in [-0.05, 0) is 37.6 Å². The zero-order valence-electron chi connectivity index (χ0n) is 7.47. The van der Waals surface area contributed by atoms with Gasteiger partial charge in [0.05, 0.1) is 0 Å².